The van der Waals surface area contributed by atoms with Gasteiger partial charge in [0.15, 0.2) is 0 Å². The lowest BCUT2D eigenvalue weighted by Crippen LogP contribution is -2.18. The Balaban J connectivity index is 2.25. The van der Waals surface area contributed by atoms with Gasteiger partial charge in [0.1, 0.15) is 5.82 Å². The molecule has 1 atom stereocenters. The molecule has 1 aromatic heterocycles. The monoisotopic (exact) mass is 243 g/mol. The van der Waals surface area contributed by atoms with Gasteiger partial charge in [-0.05, 0) is 37.5 Å². The van der Waals surface area contributed by atoms with Crippen LogP contribution in [-0.4, -0.2) is 9.55 Å². The molecule has 1 unspecified atom stereocenters. The molecule has 1 aromatic carbocycles. The van der Waals surface area contributed by atoms with Gasteiger partial charge >= 0.3 is 0 Å². The second-order valence-corrected chi connectivity index (χ2v) is 4.75. The van der Waals surface area contributed by atoms with Crippen molar-refractivity contribution in [2.75, 3.05) is 0 Å². The van der Waals surface area contributed by atoms with Crippen molar-refractivity contribution in [2.24, 2.45) is 5.73 Å². The van der Waals surface area contributed by atoms with Gasteiger partial charge in [-0.1, -0.05) is 18.2 Å². The zero-order valence-corrected chi connectivity index (χ0v) is 11.4. The first-order chi connectivity index (χ1) is 8.63. The number of aryl methyl sites for hydroxylation is 3. The molecule has 0 aliphatic heterocycles. The zero-order valence-electron chi connectivity index (χ0n) is 11.4. The van der Waals surface area contributed by atoms with E-state index in [-0.39, 0.29) is 6.04 Å². The van der Waals surface area contributed by atoms with Crippen LogP contribution in [0.5, 0.6) is 0 Å². The molecule has 0 radical (unpaired) electrons. The fraction of sp³-hybridized carbons (Fsp3) is 0.400. The highest BCUT2D eigenvalue weighted by Crippen LogP contribution is 2.22. The lowest BCUT2D eigenvalue weighted by Gasteiger charge is -2.17. The number of nitrogens with two attached hydrogens (primary N) is 1. The standard InChI is InChI=1S/C15H21N3/c1-4-18-9-8-17-14(18)10-13(16)15-11(2)6-5-7-12(15)3/h5-9,13H,4,10,16H2,1-3H3. The highest BCUT2D eigenvalue weighted by molar-refractivity contribution is 5.36. The number of aromatic nitrogens is 2. The van der Waals surface area contributed by atoms with Crippen molar-refractivity contribution in [3.63, 3.8) is 0 Å². The summed E-state index contributed by atoms with van der Waals surface area (Å²) in [4.78, 5) is 4.39. The van der Waals surface area contributed by atoms with Crippen LogP contribution in [-0.2, 0) is 13.0 Å². The van der Waals surface area contributed by atoms with Crippen LogP contribution in [0, 0.1) is 13.8 Å². The van der Waals surface area contributed by atoms with Crippen molar-refractivity contribution >= 4 is 0 Å². The van der Waals surface area contributed by atoms with Gasteiger partial charge in [-0.25, -0.2) is 4.98 Å². The van der Waals surface area contributed by atoms with E-state index in [0.29, 0.717) is 0 Å². The Hall–Kier alpha value is -1.61. The third-order valence-electron chi connectivity index (χ3n) is 3.46. The Morgan fingerprint density at radius 1 is 1.28 bits per heavy atom. The minimum absolute atomic E-state index is 0.0129. The molecule has 2 rings (SSSR count). The number of benzene rings is 1. The summed E-state index contributed by atoms with van der Waals surface area (Å²) in [6.45, 7) is 7.30. The maximum absolute atomic E-state index is 6.36. The first kappa shape index (κ1) is 12.8. The van der Waals surface area contributed by atoms with Gasteiger partial charge in [0, 0.05) is 31.4 Å². The van der Waals surface area contributed by atoms with Crippen molar-refractivity contribution in [1.29, 1.82) is 0 Å². The van der Waals surface area contributed by atoms with Crippen molar-refractivity contribution in [3.8, 4) is 0 Å². The molecule has 96 valence electrons. The van der Waals surface area contributed by atoms with E-state index >= 15 is 0 Å². The Morgan fingerprint density at radius 3 is 2.56 bits per heavy atom. The fourth-order valence-corrected chi connectivity index (χ4v) is 2.53. The molecule has 2 aromatic rings. The van der Waals surface area contributed by atoms with E-state index in [2.05, 4.69) is 48.5 Å². The van der Waals surface area contributed by atoms with Gasteiger partial charge in [0.05, 0.1) is 0 Å². The zero-order chi connectivity index (χ0) is 13.1. The first-order valence-corrected chi connectivity index (χ1v) is 6.45. The highest BCUT2D eigenvalue weighted by Gasteiger charge is 2.14. The van der Waals surface area contributed by atoms with Crippen LogP contribution in [0.4, 0.5) is 0 Å². The lowest BCUT2D eigenvalue weighted by molar-refractivity contribution is 0.624. The molecule has 18 heavy (non-hydrogen) atoms. The van der Waals surface area contributed by atoms with Gasteiger partial charge in [-0.15, -0.1) is 0 Å². The van der Waals surface area contributed by atoms with Crippen molar-refractivity contribution in [3.05, 3.63) is 53.1 Å². The number of hydrogen-bond acceptors (Lipinski definition) is 2. The van der Waals surface area contributed by atoms with Crippen LogP contribution >= 0.6 is 0 Å². The summed E-state index contributed by atoms with van der Waals surface area (Å²) in [5, 5.41) is 0. The molecule has 0 saturated heterocycles. The Bertz CT molecular complexity index is 508. The van der Waals surface area contributed by atoms with E-state index in [9.17, 15) is 0 Å². The largest absolute Gasteiger partial charge is 0.335 e. The summed E-state index contributed by atoms with van der Waals surface area (Å²) < 4.78 is 2.15. The third kappa shape index (κ3) is 2.46. The van der Waals surface area contributed by atoms with Gasteiger partial charge in [0.2, 0.25) is 0 Å². The van der Waals surface area contributed by atoms with Gasteiger partial charge in [-0.3, -0.25) is 0 Å². The van der Waals surface area contributed by atoms with Crippen LogP contribution in [0.15, 0.2) is 30.6 Å². The molecule has 2 N–H and O–H groups in total. The van der Waals surface area contributed by atoms with E-state index in [1.807, 2.05) is 12.4 Å². The summed E-state index contributed by atoms with van der Waals surface area (Å²) in [6.07, 6.45) is 4.63. The molecule has 1 heterocycles. The quantitative estimate of drug-likeness (QED) is 0.897. The molecule has 0 aliphatic rings. The van der Waals surface area contributed by atoms with Gasteiger partial charge < -0.3 is 10.3 Å². The Labute approximate surface area is 109 Å². The van der Waals surface area contributed by atoms with Crippen molar-refractivity contribution < 1.29 is 0 Å². The average molecular weight is 243 g/mol. The molecule has 0 bridgehead atoms. The van der Waals surface area contributed by atoms with E-state index in [4.69, 9.17) is 5.73 Å². The molecule has 0 spiro atoms. The predicted octanol–water partition coefficient (Wildman–Crippen LogP) is 2.76. The number of imidazole rings is 1. The summed E-state index contributed by atoms with van der Waals surface area (Å²) in [5.41, 5.74) is 10.1. The van der Waals surface area contributed by atoms with Gasteiger partial charge in [-0.2, -0.15) is 0 Å². The van der Waals surface area contributed by atoms with E-state index in [0.717, 1.165) is 18.8 Å². The smallest absolute Gasteiger partial charge is 0.110 e. The predicted molar refractivity (Wildman–Crippen MR) is 74.4 cm³/mol. The second-order valence-electron chi connectivity index (χ2n) is 4.75. The molecule has 3 heteroatoms. The molecule has 0 aliphatic carbocycles. The Kier molecular flexibility index (Phi) is 3.82. The number of nitrogens with zero attached hydrogens (tertiary/aromatic N) is 2. The van der Waals surface area contributed by atoms with Crippen LogP contribution < -0.4 is 5.73 Å². The minimum atomic E-state index is 0.0129. The molecule has 0 fully saturated rings. The van der Waals surface area contributed by atoms with E-state index < -0.39 is 0 Å². The fourth-order valence-electron chi connectivity index (χ4n) is 2.53. The maximum atomic E-state index is 6.36. The van der Waals surface area contributed by atoms with E-state index in [1.54, 1.807) is 0 Å². The van der Waals surface area contributed by atoms with Crippen molar-refractivity contribution in [1.82, 2.24) is 9.55 Å². The minimum Gasteiger partial charge on any atom is -0.335 e. The topological polar surface area (TPSA) is 43.8 Å². The molecule has 0 amide bonds. The Morgan fingerprint density at radius 2 is 1.94 bits per heavy atom. The first-order valence-electron chi connectivity index (χ1n) is 6.45. The summed E-state index contributed by atoms with van der Waals surface area (Å²) in [5.74, 6) is 1.06. The average Bonchev–Trinajstić information content (AvgIpc) is 2.76. The third-order valence-corrected chi connectivity index (χ3v) is 3.46. The van der Waals surface area contributed by atoms with Crippen LogP contribution in [0.3, 0.4) is 0 Å². The number of rotatable bonds is 4. The normalized spacial score (nSPS) is 12.7. The van der Waals surface area contributed by atoms with Gasteiger partial charge in [0.25, 0.3) is 0 Å². The van der Waals surface area contributed by atoms with Crippen molar-refractivity contribution in [2.45, 2.75) is 39.8 Å². The van der Waals surface area contributed by atoms with Crippen LogP contribution in [0.2, 0.25) is 0 Å². The number of hydrogen-bond donors (Lipinski definition) is 1. The molecule has 3 nitrogen and oxygen atoms in total. The van der Waals surface area contributed by atoms with Crippen LogP contribution in [0.25, 0.3) is 0 Å². The lowest BCUT2D eigenvalue weighted by atomic mass is 9.94. The van der Waals surface area contributed by atoms with E-state index in [1.165, 1.54) is 16.7 Å². The SMILES string of the molecule is CCn1ccnc1CC(N)c1c(C)cccc1C. The maximum Gasteiger partial charge on any atom is 0.110 e. The summed E-state index contributed by atoms with van der Waals surface area (Å²) in [6, 6.07) is 6.33. The van der Waals surface area contributed by atoms with Crippen LogP contribution in [0.1, 0.15) is 35.5 Å². The summed E-state index contributed by atoms with van der Waals surface area (Å²) in [7, 11) is 0. The molecular formula is C15H21N3. The summed E-state index contributed by atoms with van der Waals surface area (Å²) >= 11 is 0. The second kappa shape index (κ2) is 5.36. The molecular weight excluding hydrogens is 222 g/mol. The molecule has 0 saturated carbocycles. The highest BCUT2D eigenvalue weighted by atomic mass is 15.1.